The van der Waals surface area contributed by atoms with E-state index in [-0.39, 0.29) is 6.04 Å². The van der Waals surface area contributed by atoms with Crippen LogP contribution in [0.3, 0.4) is 0 Å². The predicted octanol–water partition coefficient (Wildman–Crippen LogP) is 1.91. The summed E-state index contributed by atoms with van der Waals surface area (Å²) in [7, 11) is 0. The summed E-state index contributed by atoms with van der Waals surface area (Å²) in [5.41, 5.74) is 10.0. The Labute approximate surface area is 117 Å². The van der Waals surface area contributed by atoms with E-state index in [1.54, 1.807) is 0 Å². The second-order valence-corrected chi connectivity index (χ2v) is 4.91. The quantitative estimate of drug-likeness (QED) is 0.903. The van der Waals surface area contributed by atoms with Crippen molar-refractivity contribution < 1.29 is 9.47 Å². The molecule has 0 saturated heterocycles. The first kappa shape index (κ1) is 12.9. The second kappa shape index (κ2) is 5.09. The van der Waals surface area contributed by atoms with E-state index in [2.05, 4.69) is 10.2 Å². The molecule has 0 fully saturated rings. The second-order valence-electron chi connectivity index (χ2n) is 4.91. The Hall–Kier alpha value is -2.14. The van der Waals surface area contributed by atoms with Gasteiger partial charge in [0.15, 0.2) is 11.5 Å². The van der Waals surface area contributed by atoms with Crippen LogP contribution in [0.5, 0.6) is 11.5 Å². The van der Waals surface area contributed by atoms with E-state index in [4.69, 9.17) is 15.2 Å². The molecule has 1 aliphatic rings. The van der Waals surface area contributed by atoms with Crippen LogP contribution in [0.1, 0.15) is 28.6 Å². The number of ether oxygens (including phenoxy) is 2. The molecular weight excluding hydrogens is 254 g/mol. The number of aryl methyl sites for hydroxylation is 2. The first-order chi connectivity index (χ1) is 9.65. The topological polar surface area (TPSA) is 70.3 Å². The Kier molecular flexibility index (Phi) is 3.28. The van der Waals surface area contributed by atoms with E-state index >= 15 is 0 Å². The zero-order valence-electron chi connectivity index (χ0n) is 11.6. The summed E-state index contributed by atoms with van der Waals surface area (Å²) >= 11 is 0. The number of fused-ring (bicyclic) bond motifs is 1. The van der Waals surface area contributed by atoms with Gasteiger partial charge in [0.25, 0.3) is 0 Å². The fourth-order valence-electron chi connectivity index (χ4n) is 2.32. The maximum atomic E-state index is 6.36. The number of benzene rings is 1. The van der Waals surface area contributed by atoms with Gasteiger partial charge in [-0.3, -0.25) is 0 Å². The van der Waals surface area contributed by atoms with Gasteiger partial charge in [-0.15, -0.1) is 0 Å². The van der Waals surface area contributed by atoms with Crippen molar-refractivity contribution in [3.05, 3.63) is 46.8 Å². The van der Waals surface area contributed by atoms with Crippen LogP contribution in [0.4, 0.5) is 0 Å². The number of hydrogen-bond acceptors (Lipinski definition) is 5. The Balaban J connectivity index is 1.97. The third-order valence-corrected chi connectivity index (χ3v) is 3.40. The van der Waals surface area contributed by atoms with Crippen molar-refractivity contribution in [3.63, 3.8) is 0 Å². The molecule has 20 heavy (non-hydrogen) atoms. The van der Waals surface area contributed by atoms with Crippen LogP contribution < -0.4 is 15.2 Å². The first-order valence-corrected chi connectivity index (χ1v) is 6.61. The van der Waals surface area contributed by atoms with Crippen molar-refractivity contribution in [3.8, 4) is 11.5 Å². The molecule has 1 atom stereocenters. The largest absolute Gasteiger partial charge is 0.486 e. The molecule has 2 heterocycles. The standard InChI is InChI=1S/C15H17N3O2/c1-9-7-12(10(2)18-17-9)15(16)11-3-4-13-14(8-11)20-6-5-19-13/h3-4,7-8,15H,5-6,16H2,1-2H3. The van der Waals surface area contributed by atoms with Crippen molar-refractivity contribution in [2.75, 3.05) is 13.2 Å². The normalized spacial score (nSPS) is 14.9. The van der Waals surface area contributed by atoms with Crippen LogP contribution >= 0.6 is 0 Å². The number of nitrogens with two attached hydrogens (primary N) is 1. The van der Waals surface area contributed by atoms with Crippen molar-refractivity contribution in [1.82, 2.24) is 10.2 Å². The zero-order valence-corrected chi connectivity index (χ0v) is 11.6. The Morgan fingerprint density at radius 3 is 2.60 bits per heavy atom. The average Bonchev–Trinajstić information content (AvgIpc) is 2.48. The average molecular weight is 271 g/mol. The van der Waals surface area contributed by atoms with Gasteiger partial charge >= 0.3 is 0 Å². The van der Waals surface area contributed by atoms with Crippen molar-refractivity contribution in [1.29, 1.82) is 0 Å². The van der Waals surface area contributed by atoms with Crippen molar-refractivity contribution in [2.45, 2.75) is 19.9 Å². The van der Waals surface area contributed by atoms with Gasteiger partial charge < -0.3 is 15.2 Å². The molecule has 3 rings (SSSR count). The summed E-state index contributed by atoms with van der Waals surface area (Å²) in [4.78, 5) is 0. The molecule has 1 aromatic heterocycles. The molecule has 1 aromatic carbocycles. The van der Waals surface area contributed by atoms with Gasteiger partial charge in [-0.05, 0) is 43.2 Å². The third-order valence-electron chi connectivity index (χ3n) is 3.40. The molecule has 2 aromatic rings. The van der Waals surface area contributed by atoms with Crippen LogP contribution in [0.2, 0.25) is 0 Å². The highest BCUT2D eigenvalue weighted by atomic mass is 16.6. The molecule has 0 radical (unpaired) electrons. The van der Waals surface area contributed by atoms with Crippen LogP contribution in [0.15, 0.2) is 24.3 Å². The van der Waals surface area contributed by atoms with Gasteiger partial charge in [0, 0.05) is 0 Å². The summed E-state index contributed by atoms with van der Waals surface area (Å²) in [5.74, 6) is 1.52. The maximum Gasteiger partial charge on any atom is 0.161 e. The molecule has 104 valence electrons. The van der Waals surface area contributed by atoms with E-state index < -0.39 is 0 Å². The predicted molar refractivity (Wildman–Crippen MR) is 75.0 cm³/mol. The van der Waals surface area contributed by atoms with Crippen molar-refractivity contribution in [2.24, 2.45) is 5.73 Å². The highest BCUT2D eigenvalue weighted by Crippen LogP contribution is 2.33. The lowest BCUT2D eigenvalue weighted by Crippen LogP contribution is -2.18. The molecule has 0 amide bonds. The number of nitrogens with zero attached hydrogens (tertiary/aromatic N) is 2. The molecule has 0 bridgehead atoms. The lowest BCUT2D eigenvalue weighted by atomic mass is 9.98. The smallest absolute Gasteiger partial charge is 0.161 e. The first-order valence-electron chi connectivity index (χ1n) is 6.61. The van der Waals surface area contributed by atoms with Gasteiger partial charge in [-0.1, -0.05) is 6.07 Å². The van der Waals surface area contributed by atoms with E-state index in [1.807, 2.05) is 38.1 Å². The molecule has 5 nitrogen and oxygen atoms in total. The van der Waals surface area contributed by atoms with Gasteiger partial charge in [0.05, 0.1) is 17.4 Å². The Morgan fingerprint density at radius 1 is 1.05 bits per heavy atom. The van der Waals surface area contributed by atoms with Gasteiger partial charge in [0.2, 0.25) is 0 Å². The number of hydrogen-bond donors (Lipinski definition) is 1. The van der Waals surface area contributed by atoms with E-state index in [0.29, 0.717) is 13.2 Å². The summed E-state index contributed by atoms with van der Waals surface area (Å²) in [6.45, 7) is 4.98. The summed E-state index contributed by atoms with van der Waals surface area (Å²) < 4.78 is 11.1. The van der Waals surface area contributed by atoms with Gasteiger partial charge in [-0.25, -0.2) is 0 Å². The highest BCUT2D eigenvalue weighted by molar-refractivity contribution is 5.46. The molecular formula is C15H17N3O2. The molecule has 0 spiro atoms. The minimum absolute atomic E-state index is 0.250. The van der Waals surface area contributed by atoms with Gasteiger partial charge in [-0.2, -0.15) is 10.2 Å². The number of rotatable bonds is 2. The molecule has 2 N–H and O–H groups in total. The van der Waals surface area contributed by atoms with E-state index in [9.17, 15) is 0 Å². The molecule has 1 unspecified atom stereocenters. The minimum atomic E-state index is -0.250. The maximum absolute atomic E-state index is 6.36. The van der Waals surface area contributed by atoms with E-state index in [1.165, 1.54) is 0 Å². The Morgan fingerprint density at radius 2 is 1.80 bits per heavy atom. The molecule has 0 saturated carbocycles. The fourth-order valence-corrected chi connectivity index (χ4v) is 2.32. The lowest BCUT2D eigenvalue weighted by molar-refractivity contribution is 0.171. The lowest BCUT2D eigenvalue weighted by Gasteiger charge is -2.21. The summed E-state index contributed by atoms with van der Waals surface area (Å²) in [6, 6.07) is 7.53. The summed E-state index contributed by atoms with van der Waals surface area (Å²) in [5, 5.41) is 8.16. The fraction of sp³-hybridized carbons (Fsp3) is 0.333. The Bertz CT molecular complexity index is 643. The number of aromatic nitrogens is 2. The zero-order chi connectivity index (χ0) is 14.1. The van der Waals surface area contributed by atoms with Crippen LogP contribution in [-0.2, 0) is 0 Å². The summed E-state index contributed by atoms with van der Waals surface area (Å²) in [6.07, 6.45) is 0. The molecule has 1 aliphatic heterocycles. The monoisotopic (exact) mass is 271 g/mol. The third kappa shape index (κ3) is 2.32. The van der Waals surface area contributed by atoms with Crippen LogP contribution in [0.25, 0.3) is 0 Å². The van der Waals surface area contributed by atoms with Crippen LogP contribution in [0, 0.1) is 13.8 Å². The highest BCUT2D eigenvalue weighted by Gasteiger charge is 2.17. The van der Waals surface area contributed by atoms with Crippen molar-refractivity contribution >= 4 is 0 Å². The van der Waals surface area contributed by atoms with Crippen LogP contribution in [-0.4, -0.2) is 23.4 Å². The minimum Gasteiger partial charge on any atom is -0.486 e. The molecule has 5 heteroatoms. The van der Waals surface area contributed by atoms with Gasteiger partial charge in [0.1, 0.15) is 13.2 Å². The SMILES string of the molecule is Cc1cc(C(N)c2ccc3c(c2)OCCO3)c(C)nn1. The van der Waals surface area contributed by atoms with E-state index in [0.717, 1.165) is 34.0 Å². The molecule has 0 aliphatic carbocycles.